The Bertz CT molecular complexity index is 881. The van der Waals surface area contributed by atoms with Crippen LogP contribution in [-0.2, 0) is 6.42 Å². The summed E-state index contributed by atoms with van der Waals surface area (Å²) in [7, 11) is 0. The van der Waals surface area contributed by atoms with E-state index in [1.807, 2.05) is 81.4 Å². The van der Waals surface area contributed by atoms with Crippen LogP contribution in [0.5, 0.6) is 0 Å². The molecule has 1 amide bonds. The van der Waals surface area contributed by atoms with Gasteiger partial charge < -0.3 is 5.32 Å². The molecule has 1 heterocycles. The fourth-order valence-corrected chi connectivity index (χ4v) is 3.34. The maximum Gasteiger partial charge on any atom is 0.316 e. The predicted molar refractivity (Wildman–Crippen MR) is 121 cm³/mol. The maximum atomic E-state index is 12.6. The van der Waals surface area contributed by atoms with E-state index in [0.29, 0.717) is 15.7 Å². The summed E-state index contributed by atoms with van der Waals surface area (Å²) in [6.45, 7) is 6.02. The largest absolute Gasteiger partial charge is 0.344 e. The Morgan fingerprint density at radius 2 is 1.52 bits per heavy atom. The molecule has 2 atom stereocenters. The van der Waals surface area contributed by atoms with Crippen molar-refractivity contribution in [2.75, 3.05) is 0 Å². The van der Waals surface area contributed by atoms with Gasteiger partial charge in [-0.15, -0.1) is 0 Å². The summed E-state index contributed by atoms with van der Waals surface area (Å²) < 4.78 is 0. The number of nitrogens with one attached hydrogen (secondary N) is 2. The van der Waals surface area contributed by atoms with E-state index in [0.717, 1.165) is 17.5 Å². The van der Waals surface area contributed by atoms with Crippen LogP contribution < -0.4 is 10.3 Å². The lowest BCUT2D eigenvalue weighted by Crippen LogP contribution is -2.40. The van der Waals surface area contributed by atoms with Crippen LogP contribution in [0.4, 0.5) is 0 Å². The second-order valence-corrected chi connectivity index (χ2v) is 7.40. The van der Waals surface area contributed by atoms with E-state index in [-0.39, 0.29) is 17.9 Å². The van der Waals surface area contributed by atoms with Crippen LogP contribution in [0.3, 0.4) is 0 Å². The van der Waals surface area contributed by atoms with E-state index < -0.39 is 0 Å². The summed E-state index contributed by atoms with van der Waals surface area (Å²) in [5, 5.41) is 4.52. The molecule has 0 radical (unpaired) electrons. The third-order valence-corrected chi connectivity index (χ3v) is 5.09. The zero-order valence-corrected chi connectivity index (χ0v) is 18.5. The minimum Gasteiger partial charge on any atom is -0.344 e. The highest BCUT2D eigenvalue weighted by Gasteiger charge is 2.24. The van der Waals surface area contributed by atoms with Crippen molar-refractivity contribution in [3.8, 4) is 0 Å². The van der Waals surface area contributed by atoms with E-state index in [1.54, 1.807) is 12.3 Å². The van der Waals surface area contributed by atoms with Crippen molar-refractivity contribution in [1.29, 1.82) is 0 Å². The number of halogens is 2. The lowest BCUT2D eigenvalue weighted by Gasteiger charge is -2.25. The van der Waals surface area contributed by atoms with Crippen molar-refractivity contribution in [1.82, 2.24) is 5.32 Å². The quantitative estimate of drug-likeness (QED) is 0.514. The average molecular weight is 430 g/mol. The summed E-state index contributed by atoms with van der Waals surface area (Å²) in [4.78, 5) is 15.5. The van der Waals surface area contributed by atoms with Crippen molar-refractivity contribution >= 4 is 29.1 Å². The van der Waals surface area contributed by atoms with Gasteiger partial charge in [-0.1, -0.05) is 61.3 Å². The lowest BCUT2D eigenvalue weighted by molar-refractivity contribution is -0.382. The smallest absolute Gasteiger partial charge is 0.316 e. The highest BCUT2D eigenvalue weighted by Crippen LogP contribution is 2.27. The van der Waals surface area contributed by atoms with E-state index in [9.17, 15) is 4.79 Å². The monoisotopic (exact) mass is 429 g/mol. The maximum absolute atomic E-state index is 12.6. The summed E-state index contributed by atoms with van der Waals surface area (Å²) in [6.07, 6.45) is 2.52. The van der Waals surface area contributed by atoms with Crippen molar-refractivity contribution in [2.45, 2.75) is 39.2 Å². The van der Waals surface area contributed by atoms with Gasteiger partial charge in [0.25, 0.3) is 5.69 Å². The van der Waals surface area contributed by atoms with Crippen LogP contribution >= 0.6 is 23.2 Å². The van der Waals surface area contributed by atoms with Crippen molar-refractivity contribution in [2.24, 2.45) is 0 Å². The highest BCUT2D eigenvalue weighted by atomic mass is 35.5. The highest BCUT2D eigenvalue weighted by molar-refractivity contribution is 6.30. The number of aromatic amines is 1. The minimum atomic E-state index is -0.127. The molecule has 0 saturated heterocycles. The third kappa shape index (κ3) is 6.88. The molecule has 3 nitrogen and oxygen atoms in total. The van der Waals surface area contributed by atoms with Crippen LogP contribution in [-0.4, -0.2) is 11.9 Å². The molecular weight excluding hydrogens is 403 g/mol. The molecule has 0 aliphatic carbocycles. The van der Waals surface area contributed by atoms with Gasteiger partial charge in [0, 0.05) is 34.1 Å². The molecule has 0 spiro atoms. The van der Waals surface area contributed by atoms with Crippen LogP contribution in [0.2, 0.25) is 10.0 Å². The van der Waals surface area contributed by atoms with Crippen molar-refractivity contribution in [3.05, 3.63) is 99.8 Å². The van der Waals surface area contributed by atoms with Crippen molar-refractivity contribution in [3.63, 3.8) is 0 Å². The van der Waals surface area contributed by atoms with Gasteiger partial charge in [-0.25, -0.2) is 4.98 Å². The number of carbonyl (C=O) groups excluding carboxylic acids is 1. The molecule has 0 bridgehead atoms. The second-order valence-electron chi connectivity index (χ2n) is 6.53. The normalized spacial score (nSPS) is 12.3. The van der Waals surface area contributed by atoms with E-state index in [1.165, 1.54) is 0 Å². The first-order valence-electron chi connectivity index (χ1n) is 9.80. The van der Waals surface area contributed by atoms with Gasteiger partial charge in [-0.2, -0.15) is 0 Å². The first-order chi connectivity index (χ1) is 14.0. The van der Waals surface area contributed by atoms with Gasteiger partial charge in [0.2, 0.25) is 0 Å². The second kappa shape index (κ2) is 11.6. The molecule has 3 rings (SSSR count). The van der Waals surface area contributed by atoms with Crippen LogP contribution in [0.15, 0.2) is 72.9 Å². The number of aromatic nitrogens is 1. The predicted octanol–water partition coefficient (Wildman–Crippen LogP) is 5.98. The van der Waals surface area contributed by atoms with Crippen molar-refractivity contribution < 1.29 is 9.78 Å². The molecule has 0 aliphatic rings. The SMILES string of the molecule is CC.CC(NC(=O)c1cccc[nH+]1)[C@H](Cc1ccc(Cl)cc1)c1ccc(Cl)cc1. The van der Waals surface area contributed by atoms with Crippen LogP contribution in [0.25, 0.3) is 0 Å². The molecule has 0 aliphatic heterocycles. The van der Waals surface area contributed by atoms with E-state index in [4.69, 9.17) is 23.2 Å². The molecular formula is C24H27Cl2N2O+. The molecule has 3 aromatic rings. The first-order valence-corrected chi connectivity index (χ1v) is 10.6. The van der Waals surface area contributed by atoms with Gasteiger partial charge in [0.05, 0.1) is 0 Å². The molecule has 1 unspecified atom stereocenters. The van der Waals surface area contributed by atoms with Gasteiger partial charge >= 0.3 is 5.91 Å². The Morgan fingerprint density at radius 1 is 0.931 bits per heavy atom. The zero-order chi connectivity index (χ0) is 21.2. The first kappa shape index (κ1) is 22.9. The molecule has 0 fully saturated rings. The van der Waals surface area contributed by atoms with Crippen LogP contribution in [0, 0.1) is 0 Å². The third-order valence-electron chi connectivity index (χ3n) is 4.58. The Kier molecular flexibility index (Phi) is 9.17. The number of hydrogen-bond acceptors (Lipinski definition) is 1. The van der Waals surface area contributed by atoms with Crippen LogP contribution in [0.1, 0.15) is 48.3 Å². The average Bonchev–Trinajstić information content (AvgIpc) is 2.76. The fourth-order valence-electron chi connectivity index (χ4n) is 3.09. The number of rotatable bonds is 6. The van der Waals surface area contributed by atoms with Gasteiger partial charge in [0.15, 0.2) is 6.20 Å². The molecule has 29 heavy (non-hydrogen) atoms. The number of H-pyrrole nitrogens is 1. The Hall–Kier alpha value is -2.36. The zero-order valence-electron chi connectivity index (χ0n) is 17.0. The molecule has 2 N–H and O–H groups in total. The molecule has 0 saturated carbocycles. The van der Waals surface area contributed by atoms with E-state index in [2.05, 4.69) is 10.3 Å². The Balaban J connectivity index is 0.00000145. The topological polar surface area (TPSA) is 43.2 Å². The summed E-state index contributed by atoms with van der Waals surface area (Å²) in [5.74, 6) is -0.0331. The summed E-state index contributed by atoms with van der Waals surface area (Å²) >= 11 is 12.1. The summed E-state index contributed by atoms with van der Waals surface area (Å²) in [6, 6.07) is 21.0. The summed E-state index contributed by atoms with van der Waals surface area (Å²) in [5.41, 5.74) is 2.82. The molecule has 5 heteroatoms. The standard InChI is InChI=1S/C22H20Cl2N2O.C2H6/c1-15(26-22(27)21-4-2-3-13-25-21)20(17-7-11-19(24)12-8-17)14-16-5-9-18(23)10-6-16;1-2/h2-13,15,20H,14H2,1H3,(H,26,27);1-2H3/p+1/t15?,20-;/m0./s1. The number of hydrogen-bond donors (Lipinski definition) is 1. The van der Waals surface area contributed by atoms with Gasteiger partial charge in [0.1, 0.15) is 0 Å². The van der Waals surface area contributed by atoms with Gasteiger partial charge in [-0.05, 0) is 54.8 Å². The lowest BCUT2D eigenvalue weighted by atomic mass is 9.86. The molecule has 1 aromatic heterocycles. The minimum absolute atomic E-state index is 0.0806. The molecule has 152 valence electrons. The number of pyridine rings is 1. The number of amides is 1. The van der Waals surface area contributed by atoms with Gasteiger partial charge in [-0.3, -0.25) is 4.79 Å². The number of benzene rings is 2. The number of carbonyl (C=O) groups is 1. The molecule has 2 aromatic carbocycles. The fraction of sp³-hybridized carbons (Fsp3) is 0.250. The Labute approximate surface area is 183 Å². The Morgan fingerprint density at radius 3 is 2.07 bits per heavy atom. The van der Waals surface area contributed by atoms with E-state index >= 15 is 0 Å².